The van der Waals surface area contributed by atoms with Gasteiger partial charge >= 0.3 is 5.97 Å². The van der Waals surface area contributed by atoms with Gasteiger partial charge in [0.15, 0.2) is 5.58 Å². The molecule has 2 fully saturated rings. The van der Waals surface area contributed by atoms with E-state index >= 15 is 0 Å². The molecule has 1 aromatic carbocycles. The van der Waals surface area contributed by atoms with Gasteiger partial charge in [-0.1, -0.05) is 19.1 Å². The number of carboxylic acids is 1. The highest BCUT2D eigenvalue weighted by Gasteiger charge is 2.43. The predicted octanol–water partition coefficient (Wildman–Crippen LogP) is 3.19. The average molecular weight is 385 g/mol. The van der Waals surface area contributed by atoms with Crippen molar-refractivity contribution in [3.05, 3.63) is 24.3 Å². The molecule has 1 saturated carbocycles. The Labute approximate surface area is 164 Å². The summed E-state index contributed by atoms with van der Waals surface area (Å²) in [6.45, 7) is 3.47. The number of carbonyl (C=O) groups excluding carboxylic acids is 1. The van der Waals surface area contributed by atoms with E-state index in [0.29, 0.717) is 50.7 Å². The maximum absolute atomic E-state index is 12.8. The molecule has 150 valence electrons. The van der Waals surface area contributed by atoms with E-state index in [0.717, 1.165) is 23.9 Å². The number of oxazole rings is 1. The predicted molar refractivity (Wildman–Crippen MR) is 105 cm³/mol. The molecule has 1 saturated heterocycles. The summed E-state index contributed by atoms with van der Waals surface area (Å²) in [5, 5.41) is 12.6. The Morgan fingerprint density at radius 2 is 1.86 bits per heavy atom. The Morgan fingerprint density at radius 3 is 2.50 bits per heavy atom. The molecule has 1 amide bonds. The first-order valence-electron chi connectivity index (χ1n) is 10.1. The number of hydrogen-bond donors (Lipinski definition) is 2. The zero-order chi connectivity index (χ0) is 19.7. The molecule has 1 aromatic heterocycles. The van der Waals surface area contributed by atoms with Crippen molar-refractivity contribution in [2.75, 3.05) is 18.0 Å². The molecule has 4 rings (SSSR count). The maximum atomic E-state index is 12.8. The van der Waals surface area contributed by atoms with Crippen molar-refractivity contribution in [1.29, 1.82) is 0 Å². The third-order valence-corrected chi connectivity index (χ3v) is 6.32. The molecule has 1 aliphatic carbocycles. The minimum atomic E-state index is -1.10. The van der Waals surface area contributed by atoms with E-state index in [-0.39, 0.29) is 11.8 Å². The van der Waals surface area contributed by atoms with Crippen LogP contribution in [0.4, 0.5) is 6.01 Å². The van der Waals surface area contributed by atoms with Crippen molar-refractivity contribution in [2.45, 2.75) is 51.0 Å². The lowest BCUT2D eigenvalue weighted by Crippen LogP contribution is -2.58. The van der Waals surface area contributed by atoms with Crippen LogP contribution in [0.25, 0.3) is 11.1 Å². The van der Waals surface area contributed by atoms with E-state index in [4.69, 9.17) is 4.42 Å². The standard InChI is InChI=1S/C21H27N3O4/c1-14-6-10-21(11-7-14,19(26)27)23-18(25)15-8-12-24(13-9-15)20-22-16-4-2-3-5-17(16)28-20/h2-5,14-15H,6-13H2,1H3,(H,23,25)(H,26,27). The fourth-order valence-electron chi connectivity index (χ4n) is 4.31. The minimum Gasteiger partial charge on any atom is -0.480 e. The number of piperidine rings is 1. The summed E-state index contributed by atoms with van der Waals surface area (Å²) in [4.78, 5) is 31.3. The third-order valence-electron chi connectivity index (χ3n) is 6.32. The Hall–Kier alpha value is -2.57. The van der Waals surface area contributed by atoms with Crippen LogP contribution in [0.2, 0.25) is 0 Å². The quantitative estimate of drug-likeness (QED) is 0.839. The second-order valence-electron chi connectivity index (χ2n) is 8.28. The van der Waals surface area contributed by atoms with Crippen molar-refractivity contribution < 1.29 is 19.1 Å². The van der Waals surface area contributed by atoms with E-state index < -0.39 is 11.5 Å². The molecule has 2 heterocycles. The smallest absolute Gasteiger partial charge is 0.329 e. The lowest BCUT2D eigenvalue weighted by Gasteiger charge is -2.38. The maximum Gasteiger partial charge on any atom is 0.329 e. The van der Waals surface area contributed by atoms with Gasteiger partial charge in [0.2, 0.25) is 5.91 Å². The molecule has 0 bridgehead atoms. The Balaban J connectivity index is 1.37. The van der Waals surface area contributed by atoms with Gasteiger partial charge in [-0.2, -0.15) is 4.98 Å². The van der Waals surface area contributed by atoms with Gasteiger partial charge in [-0.05, 0) is 56.6 Å². The van der Waals surface area contributed by atoms with Crippen LogP contribution in [-0.2, 0) is 9.59 Å². The van der Waals surface area contributed by atoms with Crippen LogP contribution in [0, 0.1) is 11.8 Å². The number of aliphatic carboxylic acids is 1. The molecule has 1 aliphatic heterocycles. The summed E-state index contributed by atoms with van der Waals surface area (Å²) in [7, 11) is 0. The summed E-state index contributed by atoms with van der Waals surface area (Å²) in [5.41, 5.74) is 0.487. The van der Waals surface area contributed by atoms with E-state index in [1.807, 2.05) is 24.3 Å². The fraction of sp³-hybridized carbons (Fsp3) is 0.571. The van der Waals surface area contributed by atoms with Crippen molar-refractivity contribution in [3.8, 4) is 0 Å². The van der Waals surface area contributed by atoms with Crippen LogP contribution in [-0.4, -0.2) is 40.6 Å². The molecule has 0 radical (unpaired) electrons. The molecule has 2 aliphatic rings. The van der Waals surface area contributed by atoms with Gasteiger partial charge in [-0.15, -0.1) is 0 Å². The van der Waals surface area contributed by atoms with Gasteiger partial charge in [0, 0.05) is 19.0 Å². The lowest BCUT2D eigenvalue weighted by atomic mass is 9.76. The fourth-order valence-corrected chi connectivity index (χ4v) is 4.31. The monoisotopic (exact) mass is 385 g/mol. The first-order valence-corrected chi connectivity index (χ1v) is 10.1. The van der Waals surface area contributed by atoms with E-state index in [1.54, 1.807) is 0 Å². The van der Waals surface area contributed by atoms with Gasteiger partial charge < -0.3 is 19.7 Å². The van der Waals surface area contributed by atoms with Crippen LogP contribution in [0.15, 0.2) is 28.7 Å². The van der Waals surface area contributed by atoms with Gasteiger partial charge in [0.05, 0.1) is 0 Å². The number of rotatable bonds is 4. The molecule has 2 aromatic rings. The Kier molecular flexibility index (Phi) is 5.00. The van der Waals surface area contributed by atoms with Crippen molar-refractivity contribution in [1.82, 2.24) is 10.3 Å². The van der Waals surface area contributed by atoms with Crippen LogP contribution in [0.3, 0.4) is 0 Å². The average Bonchev–Trinajstić information content (AvgIpc) is 3.14. The van der Waals surface area contributed by atoms with E-state index in [2.05, 4.69) is 22.1 Å². The SMILES string of the molecule is CC1CCC(NC(=O)C2CCN(c3nc4ccccc4o3)CC2)(C(=O)O)CC1. The van der Waals surface area contributed by atoms with Gasteiger partial charge in [-0.25, -0.2) is 4.79 Å². The zero-order valence-electron chi connectivity index (χ0n) is 16.2. The molecule has 0 spiro atoms. The zero-order valence-corrected chi connectivity index (χ0v) is 16.2. The first-order chi connectivity index (χ1) is 13.5. The molecule has 7 heteroatoms. The number of aromatic nitrogens is 1. The third kappa shape index (κ3) is 3.57. The van der Waals surface area contributed by atoms with Gasteiger partial charge in [0.1, 0.15) is 11.1 Å². The highest BCUT2D eigenvalue weighted by Crippen LogP contribution is 2.33. The number of para-hydroxylation sites is 2. The summed E-state index contributed by atoms with van der Waals surface area (Å²) >= 11 is 0. The number of hydrogen-bond acceptors (Lipinski definition) is 5. The van der Waals surface area contributed by atoms with Crippen LogP contribution < -0.4 is 10.2 Å². The molecule has 2 N–H and O–H groups in total. The van der Waals surface area contributed by atoms with Gasteiger partial charge in [0.25, 0.3) is 6.01 Å². The first kappa shape index (κ1) is 18.8. The lowest BCUT2D eigenvalue weighted by molar-refractivity contribution is -0.150. The number of benzene rings is 1. The molecule has 0 unspecified atom stereocenters. The Bertz CT molecular complexity index is 828. The van der Waals surface area contributed by atoms with E-state index in [1.165, 1.54) is 0 Å². The summed E-state index contributed by atoms with van der Waals surface area (Å²) in [6, 6.07) is 8.23. The summed E-state index contributed by atoms with van der Waals surface area (Å²) in [5.74, 6) is -0.689. The van der Waals surface area contributed by atoms with Crippen LogP contribution in [0.1, 0.15) is 45.4 Å². The van der Waals surface area contributed by atoms with Crippen molar-refractivity contribution in [2.24, 2.45) is 11.8 Å². The molecular formula is C21H27N3O4. The number of amides is 1. The van der Waals surface area contributed by atoms with Gasteiger partial charge in [-0.3, -0.25) is 4.79 Å². The number of nitrogens with one attached hydrogen (secondary N) is 1. The van der Waals surface area contributed by atoms with Crippen LogP contribution >= 0.6 is 0 Å². The second kappa shape index (κ2) is 7.45. The number of carboxylic acid groups (broad SMARTS) is 1. The molecule has 7 nitrogen and oxygen atoms in total. The Morgan fingerprint density at radius 1 is 1.18 bits per heavy atom. The minimum absolute atomic E-state index is 0.130. The number of nitrogens with zero attached hydrogens (tertiary/aromatic N) is 2. The highest BCUT2D eigenvalue weighted by molar-refractivity contribution is 5.88. The second-order valence-corrected chi connectivity index (χ2v) is 8.28. The summed E-state index contributed by atoms with van der Waals surface area (Å²) in [6.07, 6.45) is 4.02. The van der Waals surface area contributed by atoms with E-state index in [9.17, 15) is 14.7 Å². The molecule has 28 heavy (non-hydrogen) atoms. The van der Waals surface area contributed by atoms with Crippen molar-refractivity contribution in [3.63, 3.8) is 0 Å². The number of anilines is 1. The molecule has 0 atom stereocenters. The topological polar surface area (TPSA) is 95.7 Å². The molecular weight excluding hydrogens is 358 g/mol. The van der Waals surface area contributed by atoms with Crippen LogP contribution in [0.5, 0.6) is 0 Å². The van der Waals surface area contributed by atoms with Crippen molar-refractivity contribution >= 4 is 29.0 Å². The number of carbonyl (C=O) groups is 2. The highest BCUT2D eigenvalue weighted by atomic mass is 16.4. The largest absolute Gasteiger partial charge is 0.480 e. The normalized spacial score (nSPS) is 26.3. The number of fused-ring (bicyclic) bond motifs is 1. The summed E-state index contributed by atoms with van der Waals surface area (Å²) < 4.78 is 5.82.